The van der Waals surface area contributed by atoms with Crippen molar-refractivity contribution in [1.82, 2.24) is 0 Å². The lowest BCUT2D eigenvalue weighted by Crippen LogP contribution is -2.14. The number of aryl methyl sites for hydroxylation is 1. The fourth-order valence-electron chi connectivity index (χ4n) is 1.86. The fourth-order valence-corrected chi connectivity index (χ4v) is 2.25. The van der Waals surface area contributed by atoms with E-state index >= 15 is 0 Å². The van der Waals surface area contributed by atoms with Crippen LogP contribution in [-0.2, 0) is 0 Å². The third-order valence-electron chi connectivity index (χ3n) is 2.93. The van der Waals surface area contributed by atoms with Crippen LogP contribution in [0.3, 0.4) is 0 Å². The van der Waals surface area contributed by atoms with Gasteiger partial charge in [0.1, 0.15) is 11.6 Å². The van der Waals surface area contributed by atoms with Crippen molar-refractivity contribution in [2.24, 2.45) is 0 Å². The third-order valence-corrected chi connectivity index (χ3v) is 3.62. The van der Waals surface area contributed by atoms with Gasteiger partial charge in [0.25, 0.3) is 0 Å². The lowest BCUT2D eigenvalue weighted by molar-refractivity contribution is 0.186. The normalized spacial score (nSPS) is 12.2. The van der Waals surface area contributed by atoms with E-state index in [0.717, 1.165) is 27.9 Å². The summed E-state index contributed by atoms with van der Waals surface area (Å²) in [4.78, 5) is 0. The Balaban J connectivity index is 2.08. The SMILES string of the molecule is Cc1ccc(Br)c(NCC(O)c2ccc(F)cc2F)c1. The van der Waals surface area contributed by atoms with Crippen LogP contribution in [0, 0.1) is 18.6 Å². The summed E-state index contributed by atoms with van der Waals surface area (Å²) in [5.74, 6) is -1.41. The molecule has 0 aliphatic heterocycles. The van der Waals surface area contributed by atoms with Gasteiger partial charge in [0.2, 0.25) is 0 Å². The van der Waals surface area contributed by atoms with E-state index in [1.54, 1.807) is 0 Å². The lowest BCUT2D eigenvalue weighted by Gasteiger charge is -2.15. The van der Waals surface area contributed by atoms with Crippen molar-refractivity contribution in [1.29, 1.82) is 0 Å². The maximum absolute atomic E-state index is 13.5. The zero-order chi connectivity index (χ0) is 14.7. The van der Waals surface area contributed by atoms with E-state index in [0.29, 0.717) is 0 Å². The predicted molar refractivity (Wildman–Crippen MR) is 78.7 cm³/mol. The lowest BCUT2D eigenvalue weighted by atomic mass is 10.1. The molecule has 106 valence electrons. The van der Waals surface area contributed by atoms with Crippen LogP contribution in [0.15, 0.2) is 40.9 Å². The minimum absolute atomic E-state index is 0.0719. The highest BCUT2D eigenvalue weighted by atomic mass is 79.9. The third kappa shape index (κ3) is 3.55. The molecule has 1 unspecified atom stereocenters. The van der Waals surface area contributed by atoms with Gasteiger partial charge in [-0.15, -0.1) is 0 Å². The number of aliphatic hydroxyl groups is 1. The van der Waals surface area contributed by atoms with Crippen molar-refractivity contribution in [3.05, 3.63) is 63.6 Å². The van der Waals surface area contributed by atoms with Gasteiger partial charge in [0.05, 0.1) is 6.10 Å². The standard InChI is InChI=1S/C15H14BrF2NO/c1-9-2-5-12(16)14(6-9)19-8-15(20)11-4-3-10(17)7-13(11)18/h2-7,15,19-20H,8H2,1H3. The highest BCUT2D eigenvalue weighted by Crippen LogP contribution is 2.25. The highest BCUT2D eigenvalue weighted by molar-refractivity contribution is 9.10. The number of hydrogen-bond donors (Lipinski definition) is 2. The molecule has 0 aliphatic carbocycles. The van der Waals surface area contributed by atoms with Crippen LogP contribution < -0.4 is 5.32 Å². The van der Waals surface area contributed by atoms with Crippen LogP contribution in [-0.4, -0.2) is 11.7 Å². The Hall–Kier alpha value is -1.46. The first kappa shape index (κ1) is 14.9. The largest absolute Gasteiger partial charge is 0.386 e. The smallest absolute Gasteiger partial charge is 0.131 e. The molecule has 0 spiro atoms. The molecule has 5 heteroatoms. The Kier molecular flexibility index (Phi) is 4.73. The zero-order valence-corrected chi connectivity index (χ0v) is 12.4. The van der Waals surface area contributed by atoms with E-state index in [4.69, 9.17) is 0 Å². The molecular weight excluding hydrogens is 328 g/mol. The van der Waals surface area contributed by atoms with Crippen LogP contribution in [0.4, 0.5) is 14.5 Å². The van der Waals surface area contributed by atoms with Crippen molar-refractivity contribution in [2.45, 2.75) is 13.0 Å². The Morgan fingerprint density at radius 2 is 1.95 bits per heavy atom. The van der Waals surface area contributed by atoms with E-state index in [-0.39, 0.29) is 12.1 Å². The van der Waals surface area contributed by atoms with Crippen molar-refractivity contribution < 1.29 is 13.9 Å². The van der Waals surface area contributed by atoms with Gasteiger partial charge in [-0.2, -0.15) is 0 Å². The molecule has 0 bridgehead atoms. The number of nitrogens with one attached hydrogen (secondary N) is 1. The molecule has 2 aromatic rings. The number of anilines is 1. The van der Waals surface area contributed by atoms with E-state index in [1.165, 1.54) is 6.07 Å². The first-order chi connectivity index (χ1) is 9.47. The molecule has 0 saturated carbocycles. The molecule has 2 aromatic carbocycles. The summed E-state index contributed by atoms with van der Waals surface area (Å²) in [6.45, 7) is 2.08. The van der Waals surface area contributed by atoms with Gasteiger partial charge < -0.3 is 10.4 Å². The van der Waals surface area contributed by atoms with E-state index in [9.17, 15) is 13.9 Å². The van der Waals surface area contributed by atoms with Gasteiger partial charge in [0.15, 0.2) is 0 Å². The first-order valence-corrected chi connectivity index (χ1v) is 6.89. The summed E-state index contributed by atoms with van der Waals surface area (Å²) in [6.07, 6.45) is -1.05. The first-order valence-electron chi connectivity index (χ1n) is 6.10. The molecule has 0 amide bonds. The molecule has 0 fully saturated rings. The van der Waals surface area contributed by atoms with Gasteiger partial charge in [0, 0.05) is 28.3 Å². The maximum Gasteiger partial charge on any atom is 0.131 e. The van der Waals surface area contributed by atoms with Crippen LogP contribution >= 0.6 is 15.9 Å². The van der Waals surface area contributed by atoms with Gasteiger partial charge in [-0.05, 0) is 46.6 Å². The van der Waals surface area contributed by atoms with E-state index in [1.807, 2.05) is 25.1 Å². The van der Waals surface area contributed by atoms with E-state index in [2.05, 4.69) is 21.2 Å². The average Bonchev–Trinajstić information content (AvgIpc) is 2.39. The van der Waals surface area contributed by atoms with Crippen molar-refractivity contribution in [3.63, 3.8) is 0 Å². The quantitative estimate of drug-likeness (QED) is 0.874. The van der Waals surface area contributed by atoms with Gasteiger partial charge in [-0.3, -0.25) is 0 Å². The number of rotatable bonds is 4. The van der Waals surface area contributed by atoms with Crippen LogP contribution in [0.25, 0.3) is 0 Å². The van der Waals surface area contributed by atoms with Gasteiger partial charge >= 0.3 is 0 Å². The summed E-state index contributed by atoms with van der Waals surface area (Å²) in [6, 6.07) is 8.90. The summed E-state index contributed by atoms with van der Waals surface area (Å²) in [5, 5.41) is 13.0. The Morgan fingerprint density at radius 3 is 2.65 bits per heavy atom. The molecule has 0 aromatic heterocycles. The molecule has 2 rings (SSSR count). The van der Waals surface area contributed by atoms with Crippen LogP contribution in [0.2, 0.25) is 0 Å². The second-order valence-corrected chi connectivity index (χ2v) is 5.40. The zero-order valence-electron chi connectivity index (χ0n) is 10.8. The van der Waals surface area contributed by atoms with Crippen molar-refractivity contribution in [2.75, 3.05) is 11.9 Å². The summed E-state index contributed by atoms with van der Waals surface area (Å²) in [5.41, 5.74) is 1.95. The Labute approximate surface area is 124 Å². The summed E-state index contributed by atoms with van der Waals surface area (Å²) < 4.78 is 27.2. The molecule has 0 aliphatic rings. The number of halogens is 3. The van der Waals surface area contributed by atoms with Gasteiger partial charge in [-0.1, -0.05) is 12.1 Å². The summed E-state index contributed by atoms with van der Waals surface area (Å²) >= 11 is 3.39. The monoisotopic (exact) mass is 341 g/mol. The fraction of sp³-hybridized carbons (Fsp3) is 0.200. The molecule has 2 nitrogen and oxygen atoms in total. The molecular formula is C15H14BrF2NO. The molecule has 0 heterocycles. The maximum atomic E-state index is 13.5. The summed E-state index contributed by atoms with van der Waals surface area (Å²) in [7, 11) is 0. The van der Waals surface area contributed by atoms with Crippen LogP contribution in [0.5, 0.6) is 0 Å². The number of aliphatic hydroxyl groups excluding tert-OH is 1. The van der Waals surface area contributed by atoms with Crippen LogP contribution in [0.1, 0.15) is 17.2 Å². The Bertz CT molecular complexity index is 619. The topological polar surface area (TPSA) is 32.3 Å². The Morgan fingerprint density at radius 1 is 1.20 bits per heavy atom. The number of benzene rings is 2. The second kappa shape index (κ2) is 6.33. The van der Waals surface area contributed by atoms with E-state index < -0.39 is 17.7 Å². The second-order valence-electron chi connectivity index (χ2n) is 4.55. The number of hydrogen-bond acceptors (Lipinski definition) is 2. The minimum atomic E-state index is -1.05. The minimum Gasteiger partial charge on any atom is -0.386 e. The molecule has 20 heavy (non-hydrogen) atoms. The van der Waals surface area contributed by atoms with Gasteiger partial charge in [-0.25, -0.2) is 8.78 Å². The van der Waals surface area contributed by atoms with Crippen molar-refractivity contribution >= 4 is 21.6 Å². The molecule has 2 N–H and O–H groups in total. The average molecular weight is 342 g/mol. The molecule has 0 radical (unpaired) electrons. The highest BCUT2D eigenvalue weighted by Gasteiger charge is 2.13. The predicted octanol–water partition coefficient (Wildman–Crippen LogP) is 4.18. The molecule has 0 saturated heterocycles. The van der Waals surface area contributed by atoms with Crippen molar-refractivity contribution in [3.8, 4) is 0 Å². The molecule has 1 atom stereocenters.